The van der Waals surface area contributed by atoms with E-state index in [9.17, 15) is 9.59 Å². The maximum absolute atomic E-state index is 13.6. The summed E-state index contributed by atoms with van der Waals surface area (Å²) >= 11 is 3.79. The zero-order valence-corrected chi connectivity index (χ0v) is 15.9. The van der Waals surface area contributed by atoms with Crippen molar-refractivity contribution in [1.82, 2.24) is 0 Å². The van der Waals surface area contributed by atoms with Crippen LogP contribution in [0, 0.1) is 34.5 Å². The van der Waals surface area contributed by atoms with E-state index in [0.717, 1.165) is 12.8 Å². The van der Waals surface area contributed by atoms with Crippen molar-refractivity contribution >= 4 is 27.5 Å². The first-order valence-electron chi connectivity index (χ1n) is 9.05. The van der Waals surface area contributed by atoms with Crippen LogP contribution in [0.3, 0.4) is 0 Å². The van der Waals surface area contributed by atoms with Gasteiger partial charge in [-0.25, -0.2) is 0 Å². The number of halogens is 1. The number of ether oxygens (including phenoxy) is 1. The van der Waals surface area contributed by atoms with E-state index in [2.05, 4.69) is 43.6 Å². The minimum Gasteiger partial charge on any atom is -0.360 e. The second kappa shape index (κ2) is 3.80. The molecule has 8 atom stereocenters. The maximum Gasteiger partial charge on any atom is 0.145 e. The number of ketones is 2. The van der Waals surface area contributed by atoms with Crippen LogP contribution in [0.1, 0.15) is 53.4 Å². The number of epoxide rings is 1. The lowest BCUT2D eigenvalue weighted by Crippen LogP contribution is -2.50. The molecule has 0 radical (unpaired) electrons. The fraction of sp³-hybridized carbons (Fsp3) is 0.895. The van der Waals surface area contributed by atoms with Gasteiger partial charge in [-0.1, -0.05) is 36.7 Å². The Morgan fingerprint density at radius 3 is 2.57 bits per heavy atom. The Morgan fingerprint density at radius 1 is 1.17 bits per heavy atom. The Kier molecular flexibility index (Phi) is 2.49. The van der Waals surface area contributed by atoms with Gasteiger partial charge in [0.2, 0.25) is 0 Å². The normalized spacial score (nSPS) is 61.9. The molecule has 0 aromatic heterocycles. The summed E-state index contributed by atoms with van der Waals surface area (Å²) in [5.74, 6) is 1.73. The number of hydrogen-bond acceptors (Lipinski definition) is 3. The standard InChI is InChI=1S/C19H25BrO3/c1-9-7-10-11(16(10,2)3)8-19-17(4,23-19)14(20)13-12(21)5-6-18(13,19)15(9)22/h9-11,13-14H,5-8H2,1-4H3/t9-,10-,11+,13-,14-,17+,18-,19+/m1/s1. The van der Waals surface area contributed by atoms with E-state index in [-0.39, 0.29) is 28.0 Å². The molecule has 0 unspecified atom stereocenters. The van der Waals surface area contributed by atoms with Crippen molar-refractivity contribution in [2.24, 2.45) is 34.5 Å². The molecular formula is C19H25BrO3. The predicted molar refractivity (Wildman–Crippen MR) is 89.3 cm³/mol. The molecule has 4 heteroatoms. The van der Waals surface area contributed by atoms with Gasteiger partial charge in [-0.05, 0) is 43.4 Å². The van der Waals surface area contributed by atoms with Gasteiger partial charge in [-0.2, -0.15) is 0 Å². The van der Waals surface area contributed by atoms with Gasteiger partial charge in [0.25, 0.3) is 0 Å². The van der Waals surface area contributed by atoms with Gasteiger partial charge in [0.05, 0.1) is 10.2 Å². The summed E-state index contributed by atoms with van der Waals surface area (Å²) in [6.07, 6.45) is 3.20. The van der Waals surface area contributed by atoms with Crippen LogP contribution < -0.4 is 0 Å². The highest BCUT2D eigenvalue weighted by Gasteiger charge is 2.91. The third-order valence-corrected chi connectivity index (χ3v) is 10.0. The van der Waals surface area contributed by atoms with Crippen molar-refractivity contribution in [3.63, 3.8) is 0 Å². The third-order valence-electron chi connectivity index (χ3n) is 8.62. The first-order valence-corrected chi connectivity index (χ1v) is 9.96. The Morgan fingerprint density at radius 2 is 1.87 bits per heavy atom. The average molecular weight is 381 g/mol. The average Bonchev–Trinajstić information content (AvgIpc) is 3.13. The highest BCUT2D eigenvalue weighted by molar-refractivity contribution is 9.09. The Labute approximate surface area is 146 Å². The SMILES string of the molecule is C[C@@H]1C[C@@H]2[C@H](C[C@]34O[C@@]3(C)[C@H](Br)[C@H]3C(=O)CC[C@]34C1=O)C2(C)C. The summed E-state index contributed by atoms with van der Waals surface area (Å²) in [7, 11) is 0. The zero-order valence-electron chi connectivity index (χ0n) is 14.3. The smallest absolute Gasteiger partial charge is 0.145 e. The highest BCUT2D eigenvalue weighted by Crippen LogP contribution is 2.81. The number of alkyl halides is 1. The summed E-state index contributed by atoms with van der Waals surface area (Å²) < 4.78 is 6.42. The van der Waals surface area contributed by atoms with Gasteiger partial charge >= 0.3 is 0 Å². The summed E-state index contributed by atoms with van der Waals surface area (Å²) in [5.41, 5.74) is -0.989. The van der Waals surface area contributed by atoms with Crippen LogP contribution in [0.15, 0.2) is 0 Å². The molecule has 0 aromatic rings. The number of carbonyl (C=O) groups excluding carboxylic acids is 2. The second-order valence-corrected chi connectivity index (χ2v) is 10.6. The van der Waals surface area contributed by atoms with Crippen LogP contribution >= 0.6 is 15.9 Å². The van der Waals surface area contributed by atoms with Crippen LogP contribution in [-0.4, -0.2) is 27.6 Å². The molecule has 0 bridgehead atoms. The Hall–Kier alpha value is -0.220. The van der Waals surface area contributed by atoms with E-state index in [4.69, 9.17) is 4.74 Å². The molecule has 5 fully saturated rings. The highest BCUT2D eigenvalue weighted by atomic mass is 79.9. The van der Waals surface area contributed by atoms with Gasteiger partial charge in [-0.3, -0.25) is 9.59 Å². The topological polar surface area (TPSA) is 46.7 Å². The van der Waals surface area contributed by atoms with Gasteiger partial charge in [-0.15, -0.1) is 0 Å². The molecule has 1 aliphatic heterocycles. The number of carbonyl (C=O) groups is 2. The van der Waals surface area contributed by atoms with Crippen molar-refractivity contribution in [2.75, 3.05) is 0 Å². The Balaban J connectivity index is 1.70. The molecule has 4 saturated carbocycles. The minimum atomic E-state index is -0.559. The maximum atomic E-state index is 13.6. The zero-order chi connectivity index (χ0) is 16.6. The molecule has 0 amide bonds. The van der Waals surface area contributed by atoms with Crippen LogP contribution in [-0.2, 0) is 14.3 Å². The fourth-order valence-electron chi connectivity index (χ4n) is 7.11. The second-order valence-electron chi connectivity index (χ2n) is 9.59. The van der Waals surface area contributed by atoms with E-state index in [1.54, 1.807) is 0 Å². The van der Waals surface area contributed by atoms with Gasteiger partial charge < -0.3 is 4.74 Å². The van der Waals surface area contributed by atoms with Crippen molar-refractivity contribution in [3.05, 3.63) is 0 Å². The Bertz CT molecular complexity index is 657. The lowest BCUT2D eigenvalue weighted by atomic mass is 9.62. The molecule has 1 heterocycles. The number of Topliss-reactive ketones (excluding diaryl/α,β-unsaturated/α-hetero) is 2. The van der Waals surface area contributed by atoms with Crippen LogP contribution in [0.5, 0.6) is 0 Å². The third kappa shape index (κ3) is 1.31. The van der Waals surface area contributed by atoms with E-state index in [1.807, 2.05) is 0 Å². The molecule has 4 aliphatic carbocycles. The molecule has 3 nitrogen and oxygen atoms in total. The molecule has 5 aliphatic rings. The monoisotopic (exact) mass is 380 g/mol. The lowest BCUT2D eigenvalue weighted by molar-refractivity contribution is -0.143. The minimum absolute atomic E-state index is 0.0143. The quantitative estimate of drug-likeness (QED) is 0.477. The van der Waals surface area contributed by atoms with Crippen LogP contribution in [0.4, 0.5) is 0 Å². The number of hydrogen-bond donors (Lipinski definition) is 0. The summed E-state index contributed by atoms with van der Waals surface area (Å²) in [4.78, 5) is 26.2. The molecular weight excluding hydrogens is 356 g/mol. The molecule has 0 N–H and O–H groups in total. The number of fused-ring (bicyclic) bond motifs is 1. The van der Waals surface area contributed by atoms with Crippen molar-refractivity contribution in [1.29, 1.82) is 0 Å². The van der Waals surface area contributed by atoms with Crippen molar-refractivity contribution in [3.8, 4) is 0 Å². The van der Waals surface area contributed by atoms with Gasteiger partial charge in [0, 0.05) is 18.3 Å². The summed E-state index contributed by atoms with van der Waals surface area (Å²) in [5, 5.41) is 0. The summed E-state index contributed by atoms with van der Waals surface area (Å²) in [6.45, 7) is 8.89. The van der Waals surface area contributed by atoms with Gasteiger partial charge in [0.1, 0.15) is 22.8 Å². The first kappa shape index (κ1) is 15.1. The molecule has 5 rings (SSSR count). The van der Waals surface area contributed by atoms with E-state index in [0.29, 0.717) is 35.9 Å². The molecule has 1 saturated heterocycles. The molecule has 23 heavy (non-hydrogen) atoms. The summed E-state index contributed by atoms with van der Waals surface area (Å²) in [6, 6.07) is 0. The predicted octanol–water partition coefficient (Wildman–Crippen LogP) is 3.53. The lowest BCUT2D eigenvalue weighted by Gasteiger charge is -2.39. The van der Waals surface area contributed by atoms with E-state index >= 15 is 0 Å². The fourth-order valence-corrected chi connectivity index (χ4v) is 8.32. The van der Waals surface area contributed by atoms with Crippen LogP contribution in [0.2, 0.25) is 0 Å². The first-order chi connectivity index (χ1) is 10.6. The molecule has 2 spiro atoms. The molecule has 0 aromatic carbocycles. The van der Waals surface area contributed by atoms with Gasteiger partial charge in [0.15, 0.2) is 0 Å². The van der Waals surface area contributed by atoms with Crippen LogP contribution in [0.25, 0.3) is 0 Å². The van der Waals surface area contributed by atoms with E-state index in [1.165, 1.54) is 0 Å². The van der Waals surface area contributed by atoms with Crippen molar-refractivity contribution < 1.29 is 14.3 Å². The largest absolute Gasteiger partial charge is 0.360 e. The number of rotatable bonds is 0. The van der Waals surface area contributed by atoms with E-state index < -0.39 is 11.0 Å². The van der Waals surface area contributed by atoms with Crippen molar-refractivity contribution in [2.45, 2.75) is 69.4 Å². The molecule has 126 valence electrons.